The van der Waals surface area contributed by atoms with Crippen LogP contribution in [0.5, 0.6) is 0 Å². The summed E-state index contributed by atoms with van der Waals surface area (Å²) in [5, 5.41) is 2.81. The largest absolute Gasteiger partial charge is 0.444 e. The average molecular weight is 512 g/mol. The number of rotatable bonds is 4. The summed E-state index contributed by atoms with van der Waals surface area (Å²) in [5.41, 5.74) is -2.62. The molecule has 36 heavy (non-hydrogen) atoms. The highest BCUT2D eigenvalue weighted by Gasteiger charge is 2.49. The Kier molecular flexibility index (Phi) is 7.31. The van der Waals surface area contributed by atoms with Gasteiger partial charge in [-0.1, -0.05) is 0 Å². The van der Waals surface area contributed by atoms with Crippen molar-refractivity contribution in [1.29, 1.82) is 0 Å². The van der Waals surface area contributed by atoms with Gasteiger partial charge in [0.25, 0.3) is 5.91 Å². The van der Waals surface area contributed by atoms with Gasteiger partial charge < -0.3 is 19.7 Å². The molecule has 3 heterocycles. The zero-order valence-corrected chi connectivity index (χ0v) is 21.5. The predicted octanol–water partition coefficient (Wildman–Crippen LogP) is 3.97. The Hall–Kier alpha value is -2.33. The second-order valence-electron chi connectivity index (χ2n) is 11.6. The molecular weight excluding hydrogens is 475 g/mol. The third-order valence-electron chi connectivity index (χ3n) is 7.18. The maximum atomic E-state index is 14.7. The first-order valence-electron chi connectivity index (χ1n) is 12.5. The lowest BCUT2D eigenvalue weighted by Gasteiger charge is -2.42. The molecule has 0 aliphatic carbocycles. The fraction of sp³-hybridized carbons (Fsp3) is 0.692. The zero-order valence-electron chi connectivity index (χ0n) is 21.5. The Balaban J connectivity index is 1.52. The van der Waals surface area contributed by atoms with Crippen molar-refractivity contribution < 1.29 is 32.2 Å². The summed E-state index contributed by atoms with van der Waals surface area (Å²) in [6.45, 7) is 9.74. The number of hydrogen-bond donors (Lipinski definition) is 1. The van der Waals surface area contributed by atoms with Crippen molar-refractivity contribution in [2.75, 3.05) is 26.2 Å². The second-order valence-corrected chi connectivity index (χ2v) is 11.6. The molecule has 4 rings (SSSR count). The monoisotopic (exact) mass is 511 g/mol. The fourth-order valence-corrected chi connectivity index (χ4v) is 5.67. The second kappa shape index (κ2) is 9.85. The van der Waals surface area contributed by atoms with Crippen LogP contribution >= 0.6 is 0 Å². The zero-order chi connectivity index (χ0) is 26.4. The van der Waals surface area contributed by atoms with Crippen LogP contribution < -0.4 is 5.32 Å². The predicted molar refractivity (Wildman–Crippen MR) is 127 cm³/mol. The molecule has 10 heteroatoms. The highest BCUT2D eigenvalue weighted by molar-refractivity contribution is 5.84. The summed E-state index contributed by atoms with van der Waals surface area (Å²) in [6, 6.07) is 2.44. The number of fused-ring (bicyclic) bond motifs is 1. The quantitative estimate of drug-likeness (QED) is 0.663. The number of amides is 2. The van der Waals surface area contributed by atoms with Crippen molar-refractivity contribution in [1.82, 2.24) is 15.1 Å². The summed E-state index contributed by atoms with van der Waals surface area (Å²) in [4.78, 5) is 29.0. The first-order chi connectivity index (χ1) is 16.7. The number of nitrogens with zero attached hydrogens (tertiary/aromatic N) is 2. The van der Waals surface area contributed by atoms with Gasteiger partial charge >= 0.3 is 6.09 Å². The summed E-state index contributed by atoms with van der Waals surface area (Å²) in [6.07, 6.45) is -0.271. The number of carbonyl (C=O) groups is 2. The molecule has 200 valence electrons. The number of halogens is 3. The van der Waals surface area contributed by atoms with Gasteiger partial charge in [0.15, 0.2) is 5.67 Å². The van der Waals surface area contributed by atoms with Crippen LogP contribution in [0.15, 0.2) is 18.2 Å². The van der Waals surface area contributed by atoms with Gasteiger partial charge in [0.05, 0.1) is 12.6 Å². The lowest BCUT2D eigenvalue weighted by molar-refractivity contribution is -0.141. The molecule has 5 atom stereocenters. The van der Waals surface area contributed by atoms with Gasteiger partial charge in [-0.25, -0.2) is 18.0 Å². The molecule has 1 N–H and O–H groups in total. The van der Waals surface area contributed by atoms with Crippen molar-refractivity contribution in [3.8, 4) is 0 Å². The molecule has 0 saturated carbocycles. The van der Waals surface area contributed by atoms with Gasteiger partial charge in [-0.05, 0) is 78.1 Å². The molecule has 3 saturated heterocycles. The molecule has 0 bridgehead atoms. The standard InChI is InChI=1S/C26H36F3N3O4/c1-25(2,3)36-24(34)30-20-11-17(14-35-22(20)18-10-16(27)6-7-19(18)28)32-9-8-15-12-31(13-21(15)32)23(33)26(4,5)29/h6-7,10,15,17,20-22H,8-9,11-14H2,1-5H3,(H,30,34)/t15-,17+,20-,21+,22+/m0/s1. The molecule has 3 aliphatic rings. The van der Waals surface area contributed by atoms with Crippen LogP contribution in [-0.2, 0) is 14.3 Å². The van der Waals surface area contributed by atoms with Crippen molar-refractivity contribution >= 4 is 12.0 Å². The van der Waals surface area contributed by atoms with Crippen molar-refractivity contribution in [3.05, 3.63) is 35.4 Å². The number of alkyl halides is 1. The molecule has 0 aromatic heterocycles. The Morgan fingerprint density at radius 3 is 2.53 bits per heavy atom. The highest BCUT2D eigenvalue weighted by atomic mass is 19.1. The molecule has 3 fully saturated rings. The number of hydrogen-bond acceptors (Lipinski definition) is 5. The van der Waals surface area contributed by atoms with E-state index in [1.165, 1.54) is 13.8 Å². The molecule has 1 aromatic rings. The molecule has 1 aromatic carbocycles. The van der Waals surface area contributed by atoms with Gasteiger partial charge in [-0.2, -0.15) is 0 Å². The maximum Gasteiger partial charge on any atom is 0.407 e. The van der Waals surface area contributed by atoms with E-state index in [2.05, 4.69) is 10.2 Å². The number of benzene rings is 1. The molecule has 0 radical (unpaired) electrons. The van der Waals surface area contributed by atoms with Crippen molar-refractivity contribution in [2.24, 2.45) is 5.92 Å². The number of carbonyl (C=O) groups excluding carboxylic acids is 2. The number of ether oxygens (including phenoxy) is 2. The van der Waals surface area contributed by atoms with E-state index in [4.69, 9.17) is 9.47 Å². The van der Waals surface area contributed by atoms with Gasteiger partial charge in [-0.3, -0.25) is 9.69 Å². The van der Waals surface area contributed by atoms with E-state index < -0.39 is 47.1 Å². The first kappa shape index (κ1) is 26.7. The number of likely N-dealkylation sites (tertiary alicyclic amines) is 2. The maximum absolute atomic E-state index is 14.7. The Morgan fingerprint density at radius 1 is 1.14 bits per heavy atom. The molecular formula is C26H36F3N3O4. The normalized spacial score (nSPS) is 29.2. The Bertz CT molecular complexity index is 994. The van der Waals surface area contributed by atoms with Crippen molar-refractivity contribution in [2.45, 2.75) is 83.0 Å². The Morgan fingerprint density at radius 2 is 1.86 bits per heavy atom. The smallest absolute Gasteiger partial charge is 0.407 e. The first-order valence-corrected chi connectivity index (χ1v) is 12.5. The van der Waals surface area contributed by atoms with Crippen LogP contribution in [0.25, 0.3) is 0 Å². The van der Waals surface area contributed by atoms with Crippen LogP contribution in [0.3, 0.4) is 0 Å². The molecule has 0 spiro atoms. The minimum absolute atomic E-state index is 0.0385. The van der Waals surface area contributed by atoms with Gasteiger partial charge in [0.1, 0.15) is 23.3 Å². The molecule has 7 nitrogen and oxygen atoms in total. The van der Waals surface area contributed by atoms with E-state index in [1.807, 2.05) is 0 Å². The molecule has 0 unspecified atom stereocenters. The summed E-state index contributed by atoms with van der Waals surface area (Å²) >= 11 is 0. The SMILES string of the molecule is CC(C)(C)OC(=O)N[C@H]1C[C@@H](N2CC[C@H]3CN(C(=O)C(C)(C)F)C[C@H]32)CO[C@@H]1c1cc(F)ccc1F. The van der Waals surface area contributed by atoms with Crippen LogP contribution in [-0.4, -0.2) is 77.4 Å². The lowest BCUT2D eigenvalue weighted by atomic mass is 9.92. The van der Waals surface area contributed by atoms with Gasteiger partial charge in [0, 0.05) is 30.7 Å². The van der Waals surface area contributed by atoms with E-state index in [0.29, 0.717) is 19.5 Å². The number of alkyl carbamates (subject to hydrolysis) is 1. The third-order valence-corrected chi connectivity index (χ3v) is 7.18. The average Bonchev–Trinajstić information content (AvgIpc) is 3.34. The van der Waals surface area contributed by atoms with E-state index in [1.54, 1.807) is 25.7 Å². The van der Waals surface area contributed by atoms with Crippen LogP contribution in [0.2, 0.25) is 0 Å². The van der Waals surface area contributed by atoms with Crippen LogP contribution in [0, 0.1) is 17.6 Å². The van der Waals surface area contributed by atoms with E-state index in [-0.39, 0.29) is 30.2 Å². The minimum atomic E-state index is -1.93. The van der Waals surface area contributed by atoms with Crippen LogP contribution in [0.4, 0.5) is 18.0 Å². The Labute approximate surface area is 210 Å². The van der Waals surface area contributed by atoms with E-state index in [9.17, 15) is 22.8 Å². The summed E-state index contributed by atoms with van der Waals surface area (Å²) < 4.78 is 54.4. The third kappa shape index (κ3) is 5.80. The lowest BCUT2D eigenvalue weighted by Crippen LogP contribution is -2.54. The van der Waals surface area contributed by atoms with Gasteiger partial charge in [0.2, 0.25) is 0 Å². The van der Waals surface area contributed by atoms with Crippen LogP contribution in [0.1, 0.15) is 59.1 Å². The fourth-order valence-electron chi connectivity index (χ4n) is 5.67. The number of nitrogens with one attached hydrogen (secondary N) is 1. The summed E-state index contributed by atoms with van der Waals surface area (Å²) in [5.74, 6) is -1.49. The van der Waals surface area contributed by atoms with Crippen molar-refractivity contribution in [3.63, 3.8) is 0 Å². The summed E-state index contributed by atoms with van der Waals surface area (Å²) in [7, 11) is 0. The molecule has 2 amide bonds. The van der Waals surface area contributed by atoms with E-state index in [0.717, 1.165) is 31.2 Å². The van der Waals surface area contributed by atoms with E-state index >= 15 is 0 Å². The van der Waals surface area contributed by atoms with Gasteiger partial charge in [-0.15, -0.1) is 0 Å². The molecule has 3 aliphatic heterocycles. The topological polar surface area (TPSA) is 71.1 Å². The minimum Gasteiger partial charge on any atom is -0.444 e. The highest BCUT2D eigenvalue weighted by Crippen LogP contribution is 2.39.